The van der Waals surface area contributed by atoms with Crippen molar-refractivity contribution in [2.75, 3.05) is 0 Å². The number of rotatable bonds is 3. The largest absolute Gasteiger partial charge is 0.480 e. The fourth-order valence-electron chi connectivity index (χ4n) is 5.66. The van der Waals surface area contributed by atoms with E-state index in [1.807, 2.05) is 0 Å². The van der Waals surface area contributed by atoms with E-state index < -0.39 is 11.5 Å². The number of carbonyl (C=O) groups is 2. The number of amides is 1. The normalized spacial score (nSPS) is 43.9. The SMILES string of the molecule is O=C(NC1(C(=O)O)CCC1)C12CC3CC(CC(C3)C1)C2. The lowest BCUT2D eigenvalue weighted by Gasteiger charge is -2.56. The topological polar surface area (TPSA) is 66.4 Å². The Labute approximate surface area is 119 Å². The van der Waals surface area contributed by atoms with E-state index in [0.29, 0.717) is 30.6 Å². The Kier molecular flexibility index (Phi) is 2.52. The van der Waals surface area contributed by atoms with Gasteiger partial charge in [0.2, 0.25) is 5.91 Å². The van der Waals surface area contributed by atoms with Gasteiger partial charge in [0.05, 0.1) is 0 Å². The molecule has 0 saturated heterocycles. The molecule has 5 aliphatic rings. The number of nitrogens with one attached hydrogen (secondary N) is 1. The molecular weight excluding hydrogens is 254 g/mol. The maximum atomic E-state index is 12.8. The molecule has 5 rings (SSSR count). The van der Waals surface area contributed by atoms with Gasteiger partial charge in [-0.25, -0.2) is 4.79 Å². The molecule has 4 heteroatoms. The zero-order valence-electron chi connectivity index (χ0n) is 11.9. The highest BCUT2D eigenvalue weighted by Gasteiger charge is 2.57. The Morgan fingerprint density at radius 3 is 1.80 bits per heavy atom. The fourth-order valence-corrected chi connectivity index (χ4v) is 5.66. The van der Waals surface area contributed by atoms with E-state index in [-0.39, 0.29) is 11.3 Å². The van der Waals surface area contributed by atoms with Crippen LogP contribution in [0.1, 0.15) is 57.8 Å². The highest BCUT2D eigenvalue weighted by molar-refractivity contribution is 5.91. The number of hydrogen-bond acceptors (Lipinski definition) is 2. The lowest BCUT2D eigenvalue weighted by molar-refractivity contribution is -0.159. The van der Waals surface area contributed by atoms with Crippen molar-refractivity contribution in [2.24, 2.45) is 23.2 Å². The third-order valence-electron chi connectivity index (χ3n) is 6.49. The summed E-state index contributed by atoms with van der Waals surface area (Å²) in [7, 11) is 0. The van der Waals surface area contributed by atoms with Gasteiger partial charge in [-0.1, -0.05) is 0 Å². The first-order chi connectivity index (χ1) is 9.51. The monoisotopic (exact) mass is 277 g/mol. The third-order valence-corrected chi connectivity index (χ3v) is 6.49. The average Bonchev–Trinajstić information content (AvgIpc) is 2.31. The van der Waals surface area contributed by atoms with E-state index in [1.54, 1.807) is 0 Å². The summed E-state index contributed by atoms with van der Waals surface area (Å²) >= 11 is 0. The Morgan fingerprint density at radius 1 is 0.950 bits per heavy atom. The van der Waals surface area contributed by atoms with Crippen LogP contribution in [-0.2, 0) is 9.59 Å². The number of carboxylic acid groups (broad SMARTS) is 1. The van der Waals surface area contributed by atoms with Crippen molar-refractivity contribution in [1.82, 2.24) is 5.32 Å². The fraction of sp³-hybridized carbons (Fsp3) is 0.875. The molecule has 4 bridgehead atoms. The molecule has 0 aromatic heterocycles. The minimum atomic E-state index is -0.944. The van der Waals surface area contributed by atoms with Crippen LogP contribution >= 0.6 is 0 Å². The Balaban J connectivity index is 1.55. The Hall–Kier alpha value is -1.06. The first kappa shape index (κ1) is 12.7. The van der Waals surface area contributed by atoms with Crippen molar-refractivity contribution in [3.8, 4) is 0 Å². The summed E-state index contributed by atoms with van der Waals surface area (Å²) in [5.41, 5.74) is -1.17. The molecule has 0 aliphatic heterocycles. The predicted octanol–water partition coefficient (Wildman–Crippen LogP) is 2.33. The molecule has 0 aromatic rings. The molecule has 20 heavy (non-hydrogen) atoms. The molecule has 5 fully saturated rings. The van der Waals surface area contributed by atoms with Gasteiger partial charge in [0.1, 0.15) is 5.54 Å². The van der Waals surface area contributed by atoms with Gasteiger partial charge in [0.15, 0.2) is 0 Å². The molecule has 110 valence electrons. The summed E-state index contributed by atoms with van der Waals surface area (Å²) in [6, 6.07) is 0. The van der Waals surface area contributed by atoms with Gasteiger partial charge in [-0.3, -0.25) is 4.79 Å². The number of aliphatic carboxylic acids is 1. The molecule has 0 aromatic carbocycles. The summed E-state index contributed by atoms with van der Waals surface area (Å²) in [4.78, 5) is 24.3. The molecule has 5 aliphatic carbocycles. The van der Waals surface area contributed by atoms with E-state index in [1.165, 1.54) is 19.3 Å². The molecule has 1 amide bonds. The zero-order chi connectivity index (χ0) is 14.0. The van der Waals surface area contributed by atoms with Crippen molar-refractivity contribution in [2.45, 2.75) is 63.3 Å². The molecule has 0 unspecified atom stereocenters. The highest BCUT2D eigenvalue weighted by Crippen LogP contribution is 2.60. The van der Waals surface area contributed by atoms with Crippen LogP contribution in [0.15, 0.2) is 0 Å². The van der Waals surface area contributed by atoms with Crippen molar-refractivity contribution in [1.29, 1.82) is 0 Å². The summed E-state index contributed by atoms with van der Waals surface area (Å²) in [6.45, 7) is 0. The minimum Gasteiger partial charge on any atom is -0.480 e. The second-order valence-corrected chi connectivity index (χ2v) is 7.89. The van der Waals surface area contributed by atoms with Gasteiger partial charge in [-0.15, -0.1) is 0 Å². The van der Waals surface area contributed by atoms with E-state index >= 15 is 0 Å². The van der Waals surface area contributed by atoms with Crippen LogP contribution in [0.4, 0.5) is 0 Å². The highest BCUT2D eigenvalue weighted by atomic mass is 16.4. The third kappa shape index (κ3) is 1.66. The zero-order valence-corrected chi connectivity index (χ0v) is 11.9. The molecule has 0 atom stereocenters. The van der Waals surface area contributed by atoms with Crippen LogP contribution in [0.5, 0.6) is 0 Å². The molecule has 5 saturated carbocycles. The quantitative estimate of drug-likeness (QED) is 0.832. The molecule has 0 heterocycles. The summed E-state index contributed by atoms with van der Waals surface area (Å²) in [6.07, 6.45) is 9.01. The first-order valence-corrected chi connectivity index (χ1v) is 8.07. The molecule has 0 spiro atoms. The first-order valence-electron chi connectivity index (χ1n) is 8.07. The maximum Gasteiger partial charge on any atom is 0.329 e. The van der Waals surface area contributed by atoms with Crippen molar-refractivity contribution >= 4 is 11.9 Å². The smallest absolute Gasteiger partial charge is 0.329 e. The van der Waals surface area contributed by atoms with Gasteiger partial charge < -0.3 is 10.4 Å². The summed E-state index contributed by atoms with van der Waals surface area (Å²) < 4.78 is 0. The second-order valence-electron chi connectivity index (χ2n) is 7.89. The van der Waals surface area contributed by atoms with Crippen LogP contribution in [0.25, 0.3) is 0 Å². The number of carbonyl (C=O) groups excluding carboxylic acids is 1. The Bertz CT molecular complexity index is 431. The van der Waals surface area contributed by atoms with Gasteiger partial charge in [-0.2, -0.15) is 0 Å². The summed E-state index contributed by atoms with van der Waals surface area (Å²) in [5.74, 6) is 1.36. The van der Waals surface area contributed by atoms with Crippen LogP contribution in [0.2, 0.25) is 0 Å². The van der Waals surface area contributed by atoms with Gasteiger partial charge in [0.25, 0.3) is 0 Å². The predicted molar refractivity (Wildman–Crippen MR) is 73.0 cm³/mol. The minimum absolute atomic E-state index is 0.0544. The second kappa shape index (κ2) is 3.99. The molecular formula is C16H23NO3. The van der Waals surface area contributed by atoms with Crippen LogP contribution in [0, 0.1) is 23.2 Å². The molecule has 0 radical (unpaired) electrons. The van der Waals surface area contributed by atoms with Crippen molar-refractivity contribution < 1.29 is 14.7 Å². The van der Waals surface area contributed by atoms with E-state index in [9.17, 15) is 14.7 Å². The maximum absolute atomic E-state index is 12.8. The van der Waals surface area contributed by atoms with Gasteiger partial charge >= 0.3 is 5.97 Å². The number of carboxylic acids is 1. The van der Waals surface area contributed by atoms with E-state index in [0.717, 1.165) is 25.7 Å². The Morgan fingerprint density at radius 2 is 1.45 bits per heavy atom. The molecule has 4 nitrogen and oxygen atoms in total. The lowest BCUT2D eigenvalue weighted by Crippen LogP contribution is -2.64. The standard InChI is InChI=1S/C16H23NO3/c18-13(17-16(14(19)20)2-1-3-16)15-7-10-4-11(8-15)6-12(5-10)9-15/h10-12H,1-9H2,(H,17,18)(H,19,20). The average molecular weight is 277 g/mol. The van der Waals surface area contributed by atoms with Crippen LogP contribution in [0.3, 0.4) is 0 Å². The van der Waals surface area contributed by atoms with Crippen molar-refractivity contribution in [3.63, 3.8) is 0 Å². The number of hydrogen-bond donors (Lipinski definition) is 2. The van der Waals surface area contributed by atoms with Crippen LogP contribution < -0.4 is 5.32 Å². The van der Waals surface area contributed by atoms with Crippen LogP contribution in [-0.4, -0.2) is 22.5 Å². The molecule has 2 N–H and O–H groups in total. The van der Waals surface area contributed by atoms with Gasteiger partial charge in [-0.05, 0) is 75.5 Å². The van der Waals surface area contributed by atoms with E-state index in [2.05, 4.69) is 5.32 Å². The van der Waals surface area contributed by atoms with Gasteiger partial charge in [0, 0.05) is 5.41 Å². The van der Waals surface area contributed by atoms with E-state index in [4.69, 9.17) is 0 Å². The lowest BCUT2D eigenvalue weighted by atomic mass is 9.49. The summed E-state index contributed by atoms with van der Waals surface area (Å²) in [5, 5.41) is 12.3. The van der Waals surface area contributed by atoms with Crippen molar-refractivity contribution in [3.05, 3.63) is 0 Å².